The molecule has 0 aliphatic carbocycles. The van der Waals surface area contributed by atoms with Crippen LogP contribution in [0.2, 0.25) is 0 Å². The van der Waals surface area contributed by atoms with Crippen LogP contribution in [0, 0.1) is 0 Å². The number of halogens is 1. The van der Waals surface area contributed by atoms with Gasteiger partial charge in [0.1, 0.15) is 35.9 Å². The third-order valence-electron chi connectivity index (χ3n) is 7.58. The lowest BCUT2D eigenvalue weighted by molar-refractivity contribution is -0.149. The van der Waals surface area contributed by atoms with Crippen LogP contribution in [0.15, 0.2) is 70.4 Å². The van der Waals surface area contributed by atoms with Crippen LogP contribution in [0.3, 0.4) is 0 Å². The summed E-state index contributed by atoms with van der Waals surface area (Å²) in [6, 6.07) is 13.1. The first-order valence-electron chi connectivity index (χ1n) is 14.8. The summed E-state index contributed by atoms with van der Waals surface area (Å²) >= 11 is 0. The van der Waals surface area contributed by atoms with E-state index in [2.05, 4.69) is 5.09 Å². The molecule has 7 unspecified atom stereocenters. The second kappa shape index (κ2) is 13.5. The summed E-state index contributed by atoms with van der Waals surface area (Å²) in [5.41, 5.74) is -3.18. The van der Waals surface area contributed by atoms with Crippen LogP contribution in [0.1, 0.15) is 62.4 Å². The Morgan fingerprint density at radius 3 is 2.57 bits per heavy atom. The van der Waals surface area contributed by atoms with E-state index < -0.39 is 73.9 Å². The summed E-state index contributed by atoms with van der Waals surface area (Å²) in [6.45, 7) is 4.88. The smallest absolute Gasteiger partial charge is 0.459 e. The van der Waals surface area contributed by atoms with Crippen molar-refractivity contribution < 1.29 is 46.9 Å². The van der Waals surface area contributed by atoms with Gasteiger partial charge in [0.15, 0.2) is 17.7 Å². The molecule has 0 saturated carbocycles. The molecule has 0 bridgehead atoms. The molecule has 16 heteroatoms. The highest BCUT2D eigenvalue weighted by Gasteiger charge is 2.56. The van der Waals surface area contributed by atoms with Crippen molar-refractivity contribution in [1.82, 2.24) is 14.6 Å². The second-order valence-corrected chi connectivity index (χ2v) is 13.4. The molecule has 3 heterocycles. The van der Waals surface area contributed by atoms with E-state index in [0.29, 0.717) is 0 Å². The minimum absolute atomic E-state index is 0.0635. The van der Waals surface area contributed by atoms with E-state index in [4.69, 9.17) is 23.3 Å². The maximum atomic E-state index is 15.7. The molecule has 0 radical (unpaired) electrons. The van der Waals surface area contributed by atoms with Crippen molar-refractivity contribution in [3.8, 4) is 11.5 Å². The predicted octanol–water partition coefficient (Wildman–Crippen LogP) is 3.36. The lowest BCUT2D eigenvalue weighted by Gasteiger charge is -2.27. The summed E-state index contributed by atoms with van der Waals surface area (Å²) in [4.78, 5) is 51.3. The Hall–Kier alpha value is -4.14. The van der Waals surface area contributed by atoms with Crippen molar-refractivity contribution in [2.75, 3.05) is 6.61 Å². The predicted molar refractivity (Wildman–Crippen MR) is 164 cm³/mol. The van der Waals surface area contributed by atoms with Gasteiger partial charge in [0, 0.05) is 18.3 Å². The molecule has 14 nitrogen and oxygen atoms in total. The molecule has 0 spiro atoms. The van der Waals surface area contributed by atoms with Crippen molar-refractivity contribution in [2.45, 2.75) is 76.5 Å². The van der Waals surface area contributed by atoms with E-state index in [1.54, 1.807) is 13.8 Å². The first kappa shape index (κ1) is 34.2. The number of aromatic nitrogens is 2. The number of Topliss-reactive ketones (excluding diaryl/α,β-unsaturated/α-hetero) is 1. The molecule has 3 aromatic rings. The zero-order chi connectivity index (χ0) is 34.1. The highest BCUT2D eigenvalue weighted by atomic mass is 31.2. The Labute approximate surface area is 268 Å². The highest BCUT2D eigenvalue weighted by molar-refractivity contribution is 7.52. The number of ketones is 1. The van der Waals surface area contributed by atoms with Gasteiger partial charge in [0.25, 0.3) is 5.56 Å². The van der Waals surface area contributed by atoms with Gasteiger partial charge in [-0.3, -0.25) is 28.5 Å². The molecule has 7 atom stereocenters. The summed E-state index contributed by atoms with van der Waals surface area (Å²) in [5.74, 6) is -0.842. The largest absolute Gasteiger partial charge is 0.484 e. The summed E-state index contributed by atoms with van der Waals surface area (Å²) in [7, 11) is -4.57. The molecule has 2 aliphatic rings. The molecule has 5 rings (SSSR count). The minimum atomic E-state index is -4.57. The molecule has 2 aliphatic heterocycles. The van der Waals surface area contributed by atoms with Gasteiger partial charge in [-0.1, -0.05) is 30.3 Å². The number of nitrogens with one attached hydrogen (secondary N) is 2. The number of nitrogens with zero attached hydrogens (tertiary/aromatic N) is 1. The van der Waals surface area contributed by atoms with Crippen molar-refractivity contribution in [1.29, 1.82) is 0 Å². The lowest BCUT2D eigenvalue weighted by atomic mass is 9.96. The molecule has 252 valence electrons. The summed E-state index contributed by atoms with van der Waals surface area (Å²) in [6.07, 6.45) is -4.99. The second-order valence-electron chi connectivity index (χ2n) is 11.7. The van der Waals surface area contributed by atoms with Crippen LogP contribution in [0.4, 0.5) is 4.39 Å². The fraction of sp³-hybridized carbons (Fsp3) is 0.419. The molecular formula is C31H35FN3O11P. The number of carbonyl (C=O) groups excluding carboxylic acids is 2. The standard InChI is InChI=1S/C31H35FN3O11P/c1-17(2)43-28(39)18(3)34-47(41,42-16-25-27(38)31(4,32)29(45-25)35-13-12-26(37)33-30(35)40)46-20-10-11-21-22(36)15-23(44-24(21)14-20)19-8-6-5-7-9-19/h5-14,17-18,23,25,27,29,38H,15-16H2,1-4H3,(H,34,41)(H,33,37,40). The van der Waals surface area contributed by atoms with Crippen LogP contribution in [0.25, 0.3) is 0 Å². The number of aromatic amines is 1. The number of fused-ring (bicyclic) bond motifs is 1. The van der Waals surface area contributed by atoms with Crippen LogP contribution < -0.4 is 25.6 Å². The van der Waals surface area contributed by atoms with E-state index in [1.165, 1.54) is 25.1 Å². The lowest BCUT2D eigenvalue weighted by Crippen LogP contribution is -2.43. The van der Waals surface area contributed by atoms with Gasteiger partial charge in [-0.2, -0.15) is 5.09 Å². The first-order valence-corrected chi connectivity index (χ1v) is 16.4. The normalized spacial score (nSPS) is 25.8. The highest BCUT2D eigenvalue weighted by Crippen LogP contribution is 2.49. The SMILES string of the molecule is CC(C)OC(=O)C(C)NP(=O)(OCC1OC(n2ccc(=O)[nH]c2=O)C(C)(F)C1O)Oc1ccc2c(c1)OC(c1ccccc1)CC2=O. The third-order valence-corrected chi connectivity index (χ3v) is 9.22. The summed E-state index contributed by atoms with van der Waals surface area (Å²) in [5, 5.41) is 13.3. The molecule has 47 heavy (non-hydrogen) atoms. The fourth-order valence-corrected chi connectivity index (χ4v) is 6.70. The Morgan fingerprint density at radius 1 is 1.17 bits per heavy atom. The number of aliphatic hydroxyl groups excluding tert-OH is 1. The Balaban J connectivity index is 1.39. The fourth-order valence-electron chi connectivity index (χ4n) is 5.20. The van der Waals surface area contributed by atoms with Gasteiger partial charge in [-0.15, -0.1) is 0 Å². The molecule has 1 fully saturated rings. The Bertz CT molecular complexity index is 1790. The van der Waals surface area contributed by atoms with Gasteiger partial charge >= 0.3 is 19.4 Å². The monoisotopic (exact) mass is 675 g/mol. The number of hydrogen-bond acceptors (Lipinski definition) is 11. The average Bonchev–Trinajstić information content (AvgIpc) is 3.23. The number of carbonyl (C=O) groups is 2. The number of alkyl halides is 1. The number of aliphatic hydroxyl groups is 1. The Morgan fingerprint density at radius 2 is 1.89 bits per heavy atom. The molecule has 2 aromatic carbocycles. The molecular weight excluding hydrogens is 640 g/mol. The van der Waals surface area contributed by atoms with E-state index in [9.17, 15) is 28.8 Å². The average molecular weight is 676 g/mol. The molecule has 3 N–H and O–H groups in total. The van der Waals surface area contributed by atoms with Crippen LogP contribution in [-0.4, -0.2) is 63.0 Å². The van der Waals surface area contributed by atoms with Gasteiger partial charge in [0.05, 0.1) is 24.7 Å². The van der Waals surface area contributed by atoms with Gasteiger partial charge in [-0.25, -0.2) is 13.8 Å². The zero-order valence-corrected chi connectivity index (χ0v) is 26.8. The first-order chi connectivity index (χ1) is 22.2. The van der Waals surface area contributed by atoms with Crippen molar-refractivity contribution in [2.24, 2.45) is 0 Å². The maximum absolute atomic E-state index is 15.7. The van der Waals surface area contributed by atoms with Crippen LogP contribution in [-0.2, 0) is 23.4 Å². The quantitative estimate of drug-likeness (QED) is 0.199. The van der Waals surface area contributed by atoms with E-state index in [1.807, 2.05) is 35.3 Å². The topological polar surface area (TPSA) is 184 Å². The maximum Gasteiger partial charge on any atom is 0.459 e. The number of H-pyrrole nitrogens is 1. The van der Waals surface area contributed by atoms with E-state index >= 15 is 4.39 Å². The van der Waals surface area contributed by atoms with Crippen LogP contribution >= 0.6 is 7.75 Å². The number of hydrogen-bond donors (Lipinski definition) is 3. The number of ether oxygens (including phenoxy) is 3. The number of benzene rings is 2. The third kappa shape index (κ3) is 7.55. The number of rotatable bonds is 11. The Kier molecular flexibility index (Phi) is 9.85. The van der Waals surface area contributed by atoms with E-state index in [-0.39, 0.29) is 29.3 Å². The van der Waals surface area contributed by atoms with Crippen molar-refractivity contribution in [3.63, 3.8) is 0 Å². The molecule has 1 saturated heterocycles. The zero-order valence-electron chi connectivity index (χ0n) is 26.0. The van der Waals surface area contributed by atoms with Gasteiger partial charge in [-0.05, 0) is 45.4 Å². The molecule has 1 aromatic heterocycles. The molecule has 0 amide bonds. The van der Waals surface area contributed by atoms with Crippen molar-refractivity contribution >= 4 is 19.5 Å². The summed E-state index contributed by atoms with van der Waals surface area (Å²) < 4.78 is 58.9. The van der Waals surface area contributed by atoms with Gasteiger partial charge in [0.2, 0.25) is 0 Å². The van der Waals surface area contributed by atoms with Gasteiger partial charge < -0.3 is 23.8 Å². The minimum Gasteiger partial charge on any atom is -0.484 e. The van der Waals surface area contributed by atoms with Crippen LogP contribution in [0.5, 0.6) is 11.5 Å². The van der Waals surface area contributed by atoms with E-state index in [0.717, 1.165) is 29.3 Å². The van der Waals surface area contributed by atoms with Crippen molar-refractivity contribution in [3.05, 3.63) is 92.8 Å². The number of esters is 1.